The Hall–Kier alpha value is 0.310. The summed E-state index contributed by atoms with van der Waals surface area (Å²) in [7, 11) is 0. The zero-order valence-corrected chi connectivity index (χ0v) is 10.2. The van der Waals surface area contributed by atoms with E-state index in [9.17, 15) is 0 Å². The van der Waals surface area contributed by atoms with Gasteiger partial charge in [0, 0.05) is 17.3 Å². The lowest BCUT2D eigenvalue weighted by Gasteiger charge is -2.22. The molecular weight excluding hydrogens is 178 g/mol. The van der Waals surface area contributed by atoms with Gasteiger partial charge in [-0.05, 0) is 38.4 Å². The third kappa shape index (κ3) is 3.51. The van der Waals surface area contributed by atoms with Crippen LogP contribution in [0.1, 0.15) is 40.0 Å². The minimum atomic E-state index is 0.672. The van der Waals surface area contributed by atoms with Crippen LogP contribution >= 0.6 is 11.8 Å². The van der Waals surface area contributed by atoms with Crippen molar-refractivity contribution in [3.8, 4) is 0 Å². The van der Waals surface area contributed by atoms with E-state index in [4.69, 9.17) is 0 Å². The van der Waals surface area contributed by atoms with Gasteiger partial charge in [0.2, 0.25) is 0 Å². The fraction of sp³-hybridized carbons (Fsp3) is 1.00. The topological polar surface area (TPSA) is 12.0 Å². The van der Waals surface area contributed by atoms with Gasteiger partial charge in [0.1, 0.15) is 0 Å². The first-order valence-electron chi connectivity index (χ1n) is 5.42. The molecule has 1 saturated carbocycles. The second-order valence-corrected chi connectivity index (χ2v) is 5.71. The maximum atomic E-state index is 3.73. The highest BCUT2D eigenvalue weighted by Crippen LogP contribution is 2.28. The molecule has 0 aromatic heterocycles. The SMILES string of the molecule is CSC1CCC(NC(C)C(C)C)C1. The first-order chi connectivity index (χ1) is 6.13. The van der Waals surface area contributed by atoms with E-state index in [0.717, 1.165) is 17.2 Å². The molecule has 0 heterocycles. The van der Waals surface area contributed by atoms with Gasteiger partial charge in [-0.3, -0.25) is 0 Å². The number of hydrogen-bond acceptors (Lipinski definition) is 2. The van der Waals surface area contributed by atoms with Crippen molar-refractivity contribution in [1.82, 2.24) is 5.32 Å². The molecule has 0 aromatic carbocycles. The molecule has 1 N–H and O–H groups in total. The molecule has 0 bridgehead atoms. The van der Waals surface area contributed by atoms with Crippen molar-refractivity contribution < 1.29 is 0 Å². The summed E-state index contributed by atoms with van der Waals surface area (Å²) in [4.78, 5) is 0. The highest BCUT2D eigenvalue weighted by atomic mass is 32.2. The molecule has 1 rings (SSSR count). The highest BCUT2D eigenvalue weighted by Gasteiger charge is 2.25. The molecule has 0 saturated heterocycles. The molecule has 13 heavy (non-hydrogen) atoms. The van der Waals surface area contributed by atoms with E-state index < -0.39 is 0 Å². The maximum absolute atomic E-state index is 3.73. The van der Waals surface area contributed by atoms with Crippen LogP contribution in [0.5, 0.6) is 0 Å². The number of hydrogen-bond donors (Lipinski definition) is 1. The Morgan fingerprint density at radius 3 is 2.38 bits per heavy atom. The monoisotopic (exact) mass is 201 g/mol. The Morgan fingerprint density at radius 2 is 1.92 bits per heavy atom. The Balaban J connectivity index is 2.23. The van der Waals surface area contributed by atoms with Crippen LogP contribution in [0.25, 0.3) is 0 Å². The van der Waals surface area contributed by atoms with Crippen LogP contribution in [0.15, 0.2) is 0 Å². The van der Waals surface area contributed by atoms with Gasteiger partial charge < -0.3 is 5.32 Å². The first-order valence-corrected chi connectivity index (χ1v) is 6.71. The molecule has 0 aliphatic heterocycles. The molecule has 0 spiro atoms. The summed E-state index contributed by atoms with van der Waals surface area (Å²) in [5.74, 6) is 0.758. The first kappa shape index (κ1) is 11.4. The normalized spacial score (nSPS) is 31.2. The van der Waals surface area contributed by atoms with Gasteiger partial charge in [0.15, 0.2) is 0 Å². The van der Waals surface area contributed by atoms with Crippen LogP contribution in [0.3, 0.4) is 0 Å². The predicted molar refractivity (Wildman–Crippen MR) is 62.4 cm³/mol. The predicted octanol–water partition coefficient (Wildman–Crippen LogP) is 2.90. The van der Waals surface area contributed by atoms with Gasteiger partial charge in [0.05, 0.1) is 0 Å². The zero-order valence-electron chi connectivity index (χ0n) is 9.34. The number of rotatable bonds is 4. The maximum Gasteiger partial charge on any atom is 0.00805 e. The van der Waals surface area contributed by atoms with E-state index in [2.05, 4.69) is 32.3 Å². The molecule has 1 aliphatic rings. The summed E-state index contributed by atoms with van der Waals surface area (Å²) in [6, 6.07) is 1.46. The van der Waals surface area contributed by atoms with E-state index >= 15 is 0 Å². The van der Waals surface area contributed by atoms with Crippen LogP contribution in [-0.2, 0) is 0 Å². The van der Waals surface area contributed by atoms with Crippen molar-refractivity contribution in [1.29, 1.82) is 0 Å². The summed E-state index contributed by atoms with van der Waals surface area (Å²) in [5, 5.41) is 4.64. The van der Waals surface area contributed by atoms with Crippen LogP contribution in [0, 0.1) is 5.92 Å². The minimum absolute atomic E-state index is 0.672. The zero-order chi connectivity index (χ0) is 9.84. The quantitative estimate of drug-likeness (QED) is 0.750. The molecule has 1 aliphatic carbocycles. The van der Waals surface area contributed by atoms with Crippen molar-refractivity contribution >= 4 is 11.8 Å². The van der Waals surface area contributed by atoms with Crippen LogP contribution < -0.4 is 5.32 Å². The Morgan fingerprint density at radius 1 is 1.23 bits per heavy atom. The fourth-order valence-electron chi connectivity index (χ4n) is 1.87. The van der Waals surface area contributed by atoms with Gasteiger partial charge in [0.25, 0.3) is 0 Å². The van der Waals surface area contributed by atoms with Crippen LogP contribution in [0.2, 0.25) is 0 Å². The average Bonchev–Trinajstić information content (AvgIpc) is 2.52. The minimum Gasteiger partial charge on any atom is -0.311 e. The Bertz CT molecular complexity index is 147. The fourth-order valence-corrected chi connectivity index (χ4v) is 2.67. The van der Waals surface area contributed by atoms with Gasteiger partial charge in [-0.25, -0.2) is 0 Å². The molecule has 2 heteroatoms. The summed E-state index contributed by atoms with van der Waals surface area (Å²) >= 11 is 2.03. The third-order valence-corrected chi connectivity index (χ3v) is 4.31. The third-order valence-electron chi connectivity index (χ3n) is 3.22. The Kier molecular flexibility index (Phi) is 4.60. The van der Waals surface area contributed by atoms with E-state index in [1.807, 2.05) is 11.8 Å². The molecule has 0 amide bonds. The summed E-state index contributed by atoms with van der Waals surface area (Å²) in [6.07, 6.45) is 6.39. The van der Waals surface area contributed by atoms with E-state index in [0.29, 0.717) is 6.04 Å². The Labute approximate surface area is 87.1 Å². The summed E-state index contributed by atoms with van der Waals surface area (Å²) < 4.78 is 0. The second-order valence-electron chi connectivity index (χ2n) is 4.57. The number of thioether (sulfide) groups is 1. The molecule has 78 valence electrons. The van der Waals surface area contributed by atoms with E-state index in [-0.39, 0.29) is 0 Å². The lowest BCUT2D eigenvalue weighted by molar-refractivity contribution is 0.374. The average molecular weight is 201 g/mol. The van der Waals surface area contributed by atoms with E-state index in [1.54, 1.807) is 0 Å². The van der Waals surface area contributed by atoms with Gasteiger partial charge in [-0.1, -0.05) is 13.8 Å². The van der Waals surface area contributed by atoms with Crippen LogP contribution in [-0.4, -0.2) is 23.6 Å². The lowest BCUT2D eigenvalue weighted by Crippen LogP contribution is -2.38. The smallest absolute Gasteiger partial charge is 0.00805 e. The van der Waals surface area contributed by atoms with Crippen molar-refractivity contribution in [2.45, 2.75) is 57.4 Å². The molecule has 0 radical (unpaired) electrons. The molecular formula is C11H23NS. The van der Waals surface area contributed by atoms with Crippen molar-refractivity contribution in [2.24, 2.45) is 5.92 Å². The van der Waals surface area contributed by atoms with Crippen molar-refractivity contribution in [3.05, 3.63) is 0 Å². The largest absolute Gasteiger partial charge is 0.311 e. The van der Waals surface area contributed by atoms with Gasteiger partial charge in [-0.15, -0.1) is 0 Å². The van der Waals surface area contributed by atoms with Crippen LogP contribution in [0.4, 0.5) is 0 Å². The van der Waals surface area contributed by atoms with Gasteiger partial charge in [-0.2, -0.15) is 11.8 Å². The lowest BCUT2D eigenvalue weighted by atomic mass is 10.1. The molecule has 1 fully saturated rings. The van der Waals surface area contributed by atoms with Crippen molar-refractivity contribution in [3.63, 3.8) is 0 Å². The standard InChI is InChI=1S/C11H23NS/c1-8(2)9(3)12-10-5-6-11(7-10)13-4/h8-12H,5-7H2,1-4H3. The molecule has 0 aromatic rings. The summed E-state index contributed by atoms with van der Waals surface area (Å²) in [5.41, 5.74) is 0. The van der Waals surface area contributed by atoms with Gasteiger partial charge >= 0.3 is 0 Å². The second kappa shape index (κ2) is 5.26. The molecule has 1 nitrogen and oxygen atoms in total. The summed E-state index contributed by atoms with van der Waals surface area (Å²) in [6.45, 7) is 6.88. The molecule has 3 unspecified atom stereocenters. The van der Waals surface area contributed by atoms with E-state index in [1.165, 1.54) is 19.3 Å². The number of nitrogens with one attached hydrogen (secondary N) is 1. The molecule has 3 atom stereocenters. The van der Waals surface area contributed by atoms with Crippen molar-refractivity contribution in [2.75, 3.05) is 6.26 Å². The highest BCUT2D eigenvalue weighted by molar-refractivity contribution is 7.99.